The lowest BCUT2D eigenvalue weighted by molar-refractivity contribution is -0.110. The minimum Gasteiger partial charge on any atom is -0.508 e. The Hall–Kier alpha value is -2.68. The Labute approximate surface area is 111 Å². The van der Waals surface area contributed by atoms with E-state index in [-0.39, 0.29) is 11.5 Å². The Balaban J connectivity index is 1.98. The molecule has 1 heterocycles. The fourth-order valence-corrected chi connectivity index (χ4v) is 1.47. The second-order valence-corrected chi connectivity index (χ2v) is 3.94. The van der Waals surface area contributed by atoms with E-state index < -0.39 is 0 Å². The van der Waals surface area contributed by atoms with Crippen LogP contribution in [0.25, 0.3) is 12.2 Å². The van der Waals surface area contributed by atoms with Gasteiger partial charge in [-0.15, -0.1) is 0 Å². The number of hydrogen-bond donors (Lipinski definition) is 1. The summed E-state index contributed by atoms with van der Waals surface area (Å²) in [6.07, 6.45) is 9.80. The maximum atomic E-state index is 11.6. The lowest BCUT2D eigenvalue weighted by atomic mass is 10.1. The van der Waals surface area contributed by atoms with Crippen LogP contribution >= 0.6 is 0 Å². The fourth-order valence-electron chi connectivity index (χ4n) is 1.47. The summed E-state index contributed by atoms with van der Waals surface area (Å²) in [6, 6.07) is 10.3. The van der Waals surface area contributed by atoms with Crippen molar-refractivity contribution in [1.82, 2.24) is 4.98 Å². The molecule has 0 aliphatic heterocycles. The molecule has 0 aliphatic carbocycles. The first-order valence-electron chi connectivity index (χ1n) is 5.83. The molecule has 94 valence electrons. The van der Waals surface area contributed by atoms with Gasteiger partial charge in [0.25, 0.3) is 0 Å². The zero-order valence-electron chi connectivity index (χ0n) is 10.2. The molecule has 0 spiro atoms. The fraction of sp³-hybridized carbons (Fsp3) is 0. The maximum absolute atomic E-state index is 11.6. The van der Waals surface area contributed by atoms with Crippen LogP contribution in [0.4, 0.5) is 0 Å². The van der Waals surface area contributed by atoms with Crippen LogP contribution in [0.3, 0.4) is 0 Å². The molecule has 1 aromatic carbocycles. The van der Waals surface area contributed by atoms with Crippen LogP contribution in [-0.4, -0.2) is 15.9 Å². The predicted octanol–water partition coefficient (Wildman–Crippen LogP) is 3.08. The third-order valence-corrected chi connectivity index (χ3v) is 2.48. The molecule has 3 heteroatoms. The van der Waals surface area contributed by atoms with E-state index >= 15 is 0 Å². The van der Waals surface area contributed by atoms with E-state index in [4.69, 9.17) is 5.11 Å². The van der Waals surface area contributed by atoms with Crippen molar-refractivity contribution in [3.05, 3.63) is 72.1 Å². The summed E-state index contributed by atoms with van der Waals surface area (Å²) in [5, 5.41) is 9.14. The molecular weight excluding hydrogens is 238 g/mol. The molecule has 0 unspecified atom stereocenters. The number of carbonyl (C=O) groups is 1. The summed E-state index contributed by atoms with van der Waals surface area (Å²) in [4.78, 5) is 15.5. The van der Waals surface area contributed by atoms with E-state index in [1.165, 1.54) is 12.2 Å². The van der Waals surface area contributed by atoms with Crippen LogP contribution in [0.15, 0.2) is 60.9 Å². The Morgan fingerprint density at radius 1 is 0.895 bits per heavy atom. The average molecular weight is 251 g/mol. The SMILES string of the molecule is O=C(C=Cc1ccncc1)C=Cc1ccc(O)cc1. The van der Waals surface area contributed by atoms with Gasteiger partial charge >= 0.3 is 0 Å². The topological polar surface area (TPSA) is 50.2 Å². The van der Waals surface area contributed by atoms with Crippen LogP contribution in [0, 0.1) is 0 Å². The number of carbonyl (C=O) groups excluding carboxylic acids is 1. The maximum Gasteiger partial charge on any atom is 0.178 e. The van der Waals surface area contributed by atoms with Crippen molar-refractivity contribution in [1.29, 1.82) is 0 Å². The molecule has 0 bridgehead atoms. The first-order chi connectivity index (χ1) is 9.24. The molecule has 0 fully saturated rings. The number of allylic oxidation sites excluding steroid dienone is 2. The molecule has 3 nitrogen and oxygen atoms in total. The van der Waals surface area contributed by atoms with E-state index in [1.54, 1.807) is 48.8 Å². The Morgan fingerprint density at radius 3 is 2.00 bits per heavy atom. The average Bonchev–Trinajstić information content (AvgIpc) is 2.45. The van der Waals surface area contributed by atoms with Crippen molar-refractivity contribution in [2.75, 3.05) is 0 Å². The number of ketones is 1. The minimum absolute atomic E-state index is 0.0927. The van der Waals surface area contributed by atoms with E-state index in [0.29, 0.717) is 0 Å². The molecule has 2 rings (SSSR count). The van der Waals surface area contributed by atoms with Gasteiger partial charge in [0.05, 0.1) is 0 Å². The molecular formula is C16H13NO2. The van der Waals surface area contributed by atoms with E-state index in [0.717, 1.165) is 11.1 Å². The quantitative estimate of drug-likeness (QED) is 0.849. The first kappa shape index (κ1) is 12.8. The number of rotatable bonds is 4. The van der Waals surface area contributed by atoms with E-state index in [2.05, 4.69) is 4.98 Å². The third-order valence-electron chi connectivity index (χ3n) is 2.48. The van der Waals surface area contributed by atoms with Crippen molar-refractivity contribution >= 4 is 17.9 Å². The number of phenols is 1. The molecule has 2 aromatic rings. The van der Waals surface area contributed by atoms with Gasteiger partial charge in [-0.2, -0.15) is 0 Å². The summed E-state index contributed by atoms with van der Waals surface area (Å²) >= 11 is 0. The van der Waals surface area contributed by atoms with Gasteiger partial charge in [0, 0.05) is 12.4 Å². The summed E-state index contributed by atoms with van der Waals surface area (Å²) in [7, 11) is 0. The second kappa shape index (κ2) is 6.31. The van der Waals surface area contributed by atoms with Gasteiger partial charge in [0.2, 0.25) is 0 Å². The summed E-state index contributed by atoms with van der Waals surface area (Å²) < 4.78 is 0. The highest BCUT2D eigenvalue weighted by molar-refractivity contribution is 6.04. The zero-order chi connectivity index (χ0) is 13.5. The molecule has 0 saturated carbocycles. The molecule has 0 atom stereocenters. The van der Waals surface area contributed by atoms with E-state index in [1.807, 2.05) is 12.1 Å². The highest BCUT2D eigenvalue weighted by Crippen LogP contribution is 2.10. The van der Waals surface area contributed by atoms with Crippen LogP contribution in [-0.2, 0) is 4.79 Å². The number of aromatic nitrogens is 1. The lowest BCUT2D eigenvalue weighted by Crippen LogP contribution is -1.85. The molecule has 0 amide bonds. The van der Waals surface area contributed by atoms with Crippen molar-refractivity contribution < 1.29 is 9.90 Å². The Bertz CT molecular complexity index is 598. The van der Waals surface area contributed by atoms with Crippen LogP contribution in [0.2, 0.25) is 0 Å². The van der Waals surface area contributed by atoms with Crippen molar-refractivity contribution in [3.63, 3.8) is 0 Å². The van der Waals surface area contributed by atoms with Crippen molar-refractivity contribution in [3.8, 4) is 5.75 Å². The zero-order valence-corrected chi connectivity index (χ0v) is 10.2. The van der Waals surface area contributed by atoms with Gasteiger partial charge in [0.1, 0.15) is 5.75 Å². The summed E-state index contributed by atoms with van der Waals surface area (Å²) in [6.45, 7) is 0. The Kier molecular flexibility index (Phi) is 4.24. The molecule has 1 aromatic heterocycles. The lowest BCUT2D eigenvalue weighted by Gasteiger charge is -1.93. The molecule has 19 heavy (non-hydrogen) atoms. The Morgan fingerprint density at radius 2 is 1.42 bits per heavy atom. The minimum atomic E-state index is -0.0927. The third kappa shape index (κ3) is 4.24. The number of aromatic hydroxyl groups is 1. The van der Waals surface area contributed by atoms with Gasteiger partial charge in [-0.05, 0) is 47.5 Å². The van der Waals surface area contributed by atoms with Crippen LogP contribution < -0.4 is 0 Å². The number of benzene rings is 1. The summed E-state index contributed by atoms with van der Waals surface area (Å²) in [5.41, 5.74) is 1.80. The highest BCUT2D eigenvalue weighted by atomic mass is 16.3. The largest absolute Gasteiger partial charge is 0.508 e. The number of nitrogens with zero attached hydrogens (tertiary/aromatic N) is 1. The smallest absolute Gasteiger partial charge is 0.178 e. The highest BCUT2D eigenvalue weighted by Gasteiger charge is 1.92. The van der Waals surface area contributed by atoms with Crippen LogP contribution in [0.5, 0.6) is 5.75 Å². The van der Waals surface area contributed by atoms with Gasteiger partial charge in [-0.1, -0.05) is 24.3 Å². The van der Waals surface area contributed by atoms with Gasteiger partial charge in [0.15, 0.2) is 5.78 Å². The number of pyridine rings is 1. The normalized spacial score (nSPS) is 11.2. The molecule has 0 saturated heterocycles. The van der Waals surface area contributed by atoms with Crippen molar-refractivity contribution in [2.24, 2.45) is 0 Å². The van der Waals surface area contributed by atoms with Gasteiger partial charge in [-0.3, -0.25) is 9.78 Å². The number of hydrogen-bond acceptors (Lipinski definition) is 3. The first-order valence-corrected chi connectivity index (χ1v) is 5.83. The van der Waals surface area contributed by atoms with E-state index in [9.17, 15) is 4.79 Å². The monoisotopic (exact) mass is 251 g/mol. The molecule has 1 N–H and O–H groups in total. The van der Waals surface area contributed by atoms with Gasteiger partial charge < -0.3 is 5.11 Å². The summed E-state index contributed by atoms with van der Waals surface area (Å²) in [5.74, 6) is 0.117. The van der Waals surface area contributed by atoms with Gasteiger partial charge in [-0.25, -0.2) is 0 Å². The number of phenolic OH excluding ortho intramolecular Hbond substituents is 1. The van der Waals surface area contributed by atoms with Crippen molar-refractivity contribution in [2.45, 2.75) is 0 Å². The van der Waals surface area contributed by atoms with Crippen LogP contribution in [0.1, 0.15) is 11.1 Å². The molecule has 0 aliphatic rings. The molecule has 0 radical (unpaired) electrons. The predicted molar refractivity (Wildman–Crippen MR) is 75.4 cm³/mol. The second-order valence-electron chi connectivity index (χ2n) is 3.94. The standard InChI is InChI=1S/C16H13NO2/c18-15-5-1-13(2-6-15)3-7-16(19)8-4-14-9-11-17-12-10-14/h1-12,18H.